The predicted octanol–water partition coefficient (Wildman–Crippen LogP) is 5.70. The Morgan fingerprint density at radius 2 is 2.19 bits per heavy atom. The van der Waals surface area contributed by atoms with Crippen LogP contribution in [0.2, 0.25) is 5.02 Å². The lowest BCUT2D eigenvalue weighted by Crippen LogP contribution is -2.07. The maximum absolute atomic E-state index is 12.4. The maximum Gasteiger partial charge on any atom is 0.205 e. The Kier molecular flexibility index (Phi) is 6.19. The Hall–Kier alpha value is -2.31. The summed E-state index contributed by atoms with van der Waals surface area (Å²) < 4.78 is 13.8. The number of benzene rings is 1. The number of carbonyl (C=O) groups is 1. The Balaban J connectivity index is 1.65. The first-order chi connectivity index (χ1) is 13.0. The molecule has 0 aliphatic carbocycles. The molecule has 0 amide bonds. The van der Waals surface area contributed by atoms with E-state index < -0.39 is 0 Å². The number of hydrogen-bond donors (Lipinski definition) is 0. The lowest BCUT2D eigenvalue weighted by molar-refractivity contribution is 0.103. The van der Waals surface area contributed by atoms with E-state index in [4.69, 9.17) is 20.8 Å². The van der Waals surface area contributed by atoms with Gasteiger partial charge in [0.25, 0.3) is 0 Å². The van der Waals surface area contributed by atoms with Gasteiger partial charge in [-0.15, -0.1) is 0 Å². The summed E-state index contributed by atoms with van der Waals surface area (Å²) in [5.41, 5.74) is 1.40. The molecule has 0 aliphatic heterocycles. The van der Waals surface area contributed by atoms with E-state index in [9.17, 15) is 4.79 Å². The van der Waals surface area contributed by atoms with Gasteiger partial charge in [-0.2, -0.15) is 5.10 Å². The summed E-state index contributed by atoms with van der Waals surface area (Å²) in [5.74, 6) is 1.79. The standard InChI is InChI=1S/C20H18BrClN2O3/c1-3-24-20(16(21)11-23-24)18(25)10-9-14-7-8-15(27-14)12-26-19-6-4-5-17(22)13(19)2/h4-11H,3,12H2,1-2H3/b10-9+. The second-order valence-corrected chi connectivity index (χ2v) is 7.07. The van der Waals surface area contributed by atoms with Gasteiger partial charge in [0.2, 0.25) is 5.78 Å². The van der Waals surface area contributed by atoms with Crippen LogP contribution in [0.3, 0.4) is 0 Å². The lowest BCUT2D eigenvalue weighted by atomic mass is 10.2. The van der Waals surface area contributed by atoms with Gasteiger partial charge in [0.05, 0.1) is 10.7 Å². The van der Waals surface area contributed by atoms with Crippen LogP contribution in [0.1, 0.15) is 34.5 Å². The van der Waals surface area contributed by atoms with E-state index in [0.717, 1.165) is 5.56 Å². The van der Waals surface area contributed by atoms with Gasteiger partial charge in [-0.25, -0.2) is 0 Å². The van der Waals surface area contributed by atoms with E-state index >= 15 is 0 Å². The molecule has 0 radical (unpaired) electrons. The number of hydrogen-bond acceptors (Lipinski definition) is 4. The van der Waals surface area contributed by atoms with E-state index in [1.807, 2.05) is 38.1 Å². The number of carbonyl (C=O) groups excluding carboxylic acids is 1. The zero-order valence-electron chi connectivity index (χ0n) is 14.9. The van der Waals surface area contributed by atoms with Crippen molar-refractivity contribution < 1.29 is 13.9 Å². The highest BCUT2D eigenvalue weighted by atomic mass is 79.9. The number of nitrogens with zero attached hydrogens (tertiary/aromatic N) is 2. The molecule has 0 fully saturated rings. The molecule has 1 aromatic carbocycles. The van der Waals surface area contributed by atoms with Gasteiger partial charge in [-0.1, -0.05) is 17.7 Å². The number of rotatable bonds is 7. The monoisotopic (exact) mass is 448 g/mol. The van der Waals surface area contributed by atoms with Crippen LogP contribution in [0.5, 0.6) is 5.75 Å². The summed E-state index contributed by atoms with van der Waals surface area (Å²) in [4.78, 5) is 12.4. The molecule has 3 rings (SSSR count). The van der Waals surface area contributed by atoms with Crippen molar-refractivity contribution in [2.45, 2.75) is 27.0 Å². The zero-order valence-corrected chi connectivity index (χ0v) is 17.3. The molecule has 0 aliphatic rings. The van der Waals surface area contributed by atoms with Gasteiger partial charge in [-0.05, 0) is 66.2 Å². The molecule has 0 spiro atoms. The number of furan rings is 1. The second-order valence-electron chi connectivity index (χ2n) is 5.81. The molecule has 2 heterocycles. The summed E-state index contributed by atoms with van der Waals surface area (Å²) in [6, 6.07) is 9.12. The van der Waals surface area contributed by atoms with Crippen molar-refractivity contribution in [3.8, 4) is 5.75 Å². The minimum Gasteiger partial charge on any atom is -0.485 e. The van der Waals surface area contributed by atoms with Gasteiger partial charge in [-0.3, -0.25) is 9.48 Å². The Labute approximate surface area is 170 Å². The van der Waals surface area contributed by atoms with Crippen molar-refractivity contribution in [3.63, 3.8) is 0 Å². The molecule has 27 heavy (non-hydrogen) atoms. The van der Waals surface area contributed by atoms with Crippen LogP contribution in [0.4, 0.5) is 0 Å². The van der Waals surface area contributed by atoms with Gasteiger partial charge in [0, 0.05) is 17.1 Å². The molecule has 0 atom stereocenters. The topological polar surface area (TPSA) is 57.3 Å². The van der Waals surface area contributed by atoms with Gasteiger partial charge >= 0.3 is 0 Å². The number of ketones is 1. The SMILES string of the molecule is CCn1ncc(Br)c1C(=O)/C=C/c1ccc(COc2cccc(Cl)c2C)o1. The highest BCUT2D eigenvalue weighted by Crippen LogP contribution is 2.26. The summed E-state index contributed by atoms with van der Waals surface area (Å²) in [5, 5.41) is 4.81. The molecule has 5 nitrogen and oxygen atoms in total. The minimum atomic E-state index is -0.148. The fraction of sp³-hybridized carbons (Fsp3) is 0.200. The molecule has 0 unspecified atom stereocenters. The minimum absolute atomic E-state index is 0.148. The number of halogens is 2. The van der Waals surface area contributed by atoms with Crippen LogP contribution in [0, 0.1) is 6.92 Å². The second kappa shape index (κ2) is 8.59. The van der Waals surface area contributed by atoms with Crippen LogP contribution in [-0.2, 0) is 13.2 Å². The third-order valence-electron chi connectivity index (χ3n) is 4.00. The summed E-state index contributed by atoms with van der Waals surface area (Å²) in [6.45, 7) is 4.72. The summed E-state index contributed by atoms with van der Waals surface area (Å²) in [6.07, 6.45) is 4.72. The van der Waals surface area contributed by atoms with Crippen molar-refractivity contribution in [1.82, 2.24) is 9.78 Å². The smallest absolute Gasteiger partial charge is 0.205 e. The molecule has 0 saturated carbocycles. The summed E-state index contributed by atoms with van der Waals surface area (Å²) in [7, 11) is 0. The zero-order chi connectivity index (χ0) is 19.4. The molecule has 0 bridgehead atoms. The van der Waals surface area contributed by atoms with E-state index in [-0.39, 0.29) is 12.4 Å². The number of aryl methyl sites for hydroxylation is 1. The first-order valence-electron chi connectivity index (χ1n) is 8.40. The predicted molar refractivity (Wildman–Crippen MR) is 108 cm³/mol. The number of aromatic nitrogens is 2. The van der Waals surface area contributed by atoms with Crippen LogP contribution in [0.25, 0.3) is 6.08 Å². The average molecular weight is 450 g/mol. The van der Waals surface area contributed by atoms with Crippen LogP contribution in [-0.4, -0.2) is 15.6 Å². The van der Waals surface area contributed by atoms with E-state index in [1.165, 1.54) is 6.08 Å². The van der Waals surface area contributed by atoms with Gasteiger partial charge < -0.3 is 9.15 Å². The molecule has 0 saturated heterocycles. The molecule has 0 N–H and O–H groups in total. The van der Waals surface area contributed by atoms with Crippen LogP contribution in [0.15, 0.2) is 51.5 Å². The Bertz CT molecular complexity index is 991. The first kappa shape index (κ1) is 19.5. The van der Waals surface area contributed by atoms with Crippen molar-refractivity contribution in [1.29, 1.82) is 0 Å². The lowest BCUT2D eigenvalue weighted by Gasteiger charge is -2.08. The van der Waals surface area contributed by atoms with Crippen LogP contribution < -0.4 is 4.74 Å². The highest BCUT2D eigenvalue weighted by Gasteiger charge is 2.14. The van der Waals surface area contributed by atoms with Crippen molar-refractivity contribution in [2.24, 2.45) is 0 Å². The largest absolute Gasteiger partial charge is 0.485 e. The normalized spacial score (nSPS) is 11.3. The van der Waals surface area contributed by atoms with E-state index in [1.54, 1.807) is 23.0 Å². The van der Waals surface area contributed by atoms with E-state index in [0.29, 0.717) is 39.0 Å². The van der Waals surface area contributed by atoms with Crippen LogP contribution >= 0.6 is 27.5 Å². The van der Waals surface area contributed by atoms with Crippen molar-refractivity contribution >= 4 is 39.4 Å². The van der Waals surface area contributed by atoms with Gasteiger partial charge in [0.1, 0.15) is 29.6 Å². The summed E-state index contributed by atoms with van der Waals surface area (Å²) >= 11 is 9.45. The molecule has 2 aromatic heterocycles. The molecule has 140 valence electrons. The Morgan fingerprint density at radius 1 is 1.37 bits per heavy atom. The van der Waals surface area contributed by atoms with Gasteiger partial charge in [0.15, 0.2) is 0 Å². The maximum atomic E-state index is 12.4. The fourth-order valence-corrected chi connectivity index (χ4v) is 3.20. The molecular formula is C20H18BrClN2O3. The molecule has 7 heteroatoms. The molecule has 3 aromatic rings. The molecular weight excluding hydrogens is 432 g/mol. The average Bonchev–Trinajstić information content (AvgIpc) is 3.27. The third-order valence-corrected chi connectivity index (χ3v) is 4.99. The number of ether oxygens (including phenoxy) is 1. The quantitative estimate of drug-likeness (QED) is 0.343. The van der Waals surface area contributed by atoms with E-state index in [2.05, 4.69) is 21.0 Å². The van der Waals surface area contributed by atoms with Crippen molar-refractivity contribution in [2.75, 3.05) is 0 Å². The first-order valence-corrected chi connectivity index (χ1v) is 9.57. The fourth-order valence-electron chi connectivity index (χ4n) is 2.54. The number of allylic oxidation sites excluding steroid dienone is 1. The third kappa shape index (κ3) is 4.51. The Morgan fingerprint density at radius 3 is 2.96 bits per heavy atom. The van der Waals surface area contributed by atoms with Crippen molar-refractivity contribution in [3.05, 3.63) is 74.9 Å². The highest BCUT2D eigenvalue weighted by molar-refractivity contribution is 9.10.